The molecule has 0 aliphatic heterocycles. The van der Waals surface area contributed by atoms with Crippen molar-refractivity contribution in [1.29, 1.82) is 0 Å². The lowest BCUT2D eigenvalue weighted by atomic mass is 10.2. The Morgan fingerprint density at radius 2 is 2.47 bits per heavy atom. The summed E-state index contributed by atoms with van der Waals surface area (Å²) >= 11 is 3.35. The van der Waals surface area contributed by atoms with Gasteiger partial charge < -0.3 is 9.84 Å². The van der Waals surface area contributed by atoms with E-state index in [-0.39, 0.29) is 17.7 Å². The summed E-state index contributed by atoms with van der Waals surface area (Å²) in [6.07, 6.45) is 1.99. The molecule has 1 unspecified atom stereocenters. The van der Waals surface area contributed by atoms with Gasteiger partial charge in [0.2, 0.25) is 5.76 Å². The van der Waals surface area contributed by atoms with Gasteiger partial charge in [-0.2, -0.15) is 0 Å². The number of rotatable bonds is 5. The number of nitrogens with zero attached hydrogens (tertiary/aromatic N) is 1. The molecular weight excluding hydrogens is 260 g/mol. The van der Waals surface area contributed by atoms with Crippen LogP contribution in [0, 0.1) is 6.92 Å². The number of alkyl halides is 1. The van der Waals surface area contributed by atoms with E-state index in [2.05, 4.69) is 26.4 Å². The molecule has 0 bridgehead atoms. The van der Waals surface area contributed by atoms with Gasteiger partial charge in [0.05, 0.1) is 5.69 Å². The highest BCUT2D eigenvalue weighted by Crippen LogP contribution is 2.04. The molecule has 4 nitrogen and oxygen atoms in total. The molecule has 0 saturated heterocycles. The minimum Gasteiger partial charge on any atom is -0.351 e. The molecule has 0 saturated carbocycles. The van der Waals surface area contributed by atoms with Crippen molar-refractivity contribution in [1.82, 2.24) is 10.5 Å². The van der Waals surface area contributed by atoms with Gasteiger partial charge in [0.25, 0.3) is 5.91 Å². The predicted octanol–water partition coefficient (Wildman–Crippen LogP) is 2.28. The van der Waals surface area contributed by atoms with E-state index in [1.165, 1.54) is 0 Å². The van der Waals surface area contributed by atoms with Crippen LogP contribution in [0.3, 0.4) is 0 Å². The van der Waals surface area contributed by atoms with Crippen LogP contribution in [0.1, 0.15) is 36.0 Å². The highest BCUT2D eigenvalue weighted by atomic mass is 79.9. The van der Waals surface area contributed by atoms with E-state index in [0.29, 0.717) is 5.69 Å². The van der Waals surface area contributed by atoms with E-state index >= 15 is 0 Å². The monoisotopic (exact) mass is 274 g/mol. The Labute approximate surface area is 97.5 Å². The summed E-state index contributed by atoms with van der Waals surface area (Å²) in [4.78, 5) is 11.6. The summed E-state index contributed by atoms with van der Waals surface area (Å²) in [5.74, 6) is 0.0795. The number of hydrogen-bond acceptors (Lipinski definition) is 3. The third kappa shape index (κ3) is 4.03. The molecular formula is C10H15BrN2O2. The predicted molar refractivity (Wildman–Crippen MR) is 61.2 cm³/mol. The molecule has 1 rings (SSSR count). The summed E-state index contributed by atoms with van der Waals surface area (Å²) in [6.45, 7) is 3.76. The Balaban J connectivity index is 2.42. The smallest absolute Gasteiger partial charge is 0.290 e. The number of aryl methyl sites for hydroxylation is 1. The van der Waals surface area contributed by atoms with Crippen LogP contribution < -0.4 is 5.32 Å². The van der Waals surface area contributed by atoms with Crippen molar-refractivity contribution in [2.75, 3.05) is 5.33 Å². The standard InChI is InChI=1S/C10H15BrN2O2/c1-7(4-3-5-11)12-10(14)9-6-8(2)13-15-9/h6-7H,3-5H2,1-2H3,(H,12,14). The molecule has 0 spiro atoms. The van der Waals surface area contributed by atoms with E-state index in [1.54, 1.807) is 13.0 Å². The molecule has 0 aliphatic carbocycles. The number of carbonyl (C=O) groups excluding carboxylic acids is 1. The van der Waals surface area contributed by atoms with Crippen molar-refractivity contribution >= 4 is 21.8 Å². The first-order valence-corrected chi connectivity index (χ1v) is 6.05. The van der Waals surface area contributed by atoms with Crippen LogP contribution in [0.5, 0.6) is 0 Å². The number of amides is 1. The van der Waals surface area contributed by atoms with Gasteiger partial charge in [0.15, 0.2) is 0 Å². The molecule has 5 heteroatoms. The molecule has 0 aromatic carbocycles. The lowest BCUT2D eigenvalue weighted by molar-refractivity contribution is 0.0901. The normalized spacial score (nSPS) is 12.5. The molecule has 84 valence electrons. The van der Waals surface area contributed by atoms with Gasteiger partial charge in [-0.05, 0) is 26.7 Å². The summed E-state index contributed by atoms with van der Waals surface area (Å²) in [5.41, 5.74) is 0.716. The van der Waals surface area contributed by atoms with Crippen molar-refractivity contribution in [3.05, 3.63) is 17.5 Å². The summed E-state index contributed by atoms with van der Waals surface area (Å²) < 4.78 is 4.86. The summed E-state index contributed by atoms with van der Waals surface area (Å²) in [6, 6.07) is 1.78. The topological polar surface area (TPSA) is 55.1 Å². The van der Waals surface area contributed by atoms with Crippen molar-refractivity contribution in [2.24, 2.45) is 0 Å². The Morgan fingerprint density at radius 1 is 1.73 bits per heavy atom. The molecule has 0 radical (unpaired) electrons. The second-order valence-corrected chi connectivity index (χ2v) is 4.33. The molecule has 0 fully saturated rings. The summed E-state index contributed by atoms with van der Waals surface area (Å²) in [7, 11) is 0. The van der Waals surface area contributed by atoms with E-state index in [4.69, 9.17) is 4.52 Å². The number of nitrogens with one attached hydrogen (secondary N) is 1. The fraction of sp³-hybridized carbons (Fsp3) is 0.600. The van der Waals surface area contributed by atoms with Crippen LogP contribution in [0.15, 0.2) is 10.6 Å². The Hall–Kier alpha value is -0.840. The lowest BCUT2D eigenvalue weighted by Gasteiger charge is -2.11. The van der Waals surface area contributed by atoms with E-state index in [0.717, 1.165) is 18.2 Å². The Bertz CT molecular complexity index is 325. The second-order valence-electron chi connectivity index (χ2n) is 3.54. The zero-order valence-electron chi connectivity index (χ0n) is 8.92. The van der Waals surface area contributed by atoms with Gasteiger partial charge in [-0.15, -0.1) is 0 Å². The number of aromatic nitrogens is 1. The highest BCUT2D eigenvalue weighted by molar-refractivity contribution is 9.09. The minimum atomic E-state index is -0.197. The Kier molecular flexibility index (Phi) is 4.81. The molecule has 1 amide bonds. The van der Waals surface area contributed by atoms with E-state index < -0.39 is 0 Å². The maximum absolute atomic E-state index is 11.6. The van der Waals surface area contributed by atoms with Gasteiger partial charge in [-0.1, -0.05) is 21.1 Å². The quantitative estimate of drug-likeness (QED) is 0.839. The molecule has 1 aromatic rings. The summed E-state index contributed by atoms with van der Waals surface area (Å²) in [5, 5.41) is 7.47. The first-order valence-electron chi connectivity index (χ1n) is 4.93. The van der Waals surface area contributed by atoms with Crippen LogP contribution in [-0.4, -0.2) is 22.4 Å². The molecule has 1 atom stereocenters. The number of carbonyl (C=O) groups is 1. The van der Waals surface area contributed by atoms with Crippen LogP contribution in [0.4, 0.5) is 0 Å². The minimum absolute atomic E-state index is 0.153. The van der Waals surface area contributed by atoms with Crippen LogP contribution in [-0.2, 0) is 0 Å². The molecule has 1 heterocycles. The lowest BCUT2D eigenvalue weighted by Crippen LogP contribution is -2.32. The Morgan fingerprint density at radius 3 is 3.00 bits per heavy atom. The molecule has 0 aliphatic rings. The largest absolute Gasteiger partial charge is 0.351 e. The molecule has 1 N–H and O–H groups in total. The van der Waals surface area contributed by atoms with Gasteiger partial charge in [-0.25, -0.2) is 0 Å². The van der Waals surface area contributed by atoms with Crippen molar-refractivity contribution in [3.63, 3.8) is 0 Å². The van der Waals surface area contributed by atoms with Crippen molar-refractivity contribution in [2.45, 2.75) is 32.7 Å². The molecule has 15 heavy (non-hydrogen) atoms. The highest BCUT2D eigenvalue weighted by Gasteiger charge is 2.13. The number of hydrogen-bond donors (Lipinski definition) is 1. The average molecular weight is 275 g/mol. The fourth-order valence-electron chi connectivity index (χ4n) is 1.22. The SMILES string of the molecule is Cc1cc(C(=O)NC(C)CCCBr)on1. The fourth-order valence-corrected chi connectivity index (χ4v) is 1.54. The van der Waals surface area contributed by atoms with E-state index in [1.807, 2.05) is 6.92 Å². The van der Waals surface area contributed by atoms with Crippen molar-refractivity contribution < 1.29 is 9.32 Å². The first-order chi connectivity index (χ1) is 7.13. The van der Waals surface area contributed by atoms with Gasteiger partial charge >= 0.3 is 0 Å². The van der Waals surface area contributed by atoms with Crippen LogP contribution >= 0.6 is 15.9 Å². The van der Waals surface area contributed by atoms with Crippen molar-refractivity contribution in [3.8, 4) is 0 Å². The van der Waals surface area contributed by atoms with Gasteiger partial charge in [-0.3, -0.25) is 4.79 Å². The third-order valence-electron chi connectivity index (χ3n) is 2.00. The molecule has 1 aromatic heterocycles. The van der Waals surface area contributed by atoms with Crippen LogP contribution in [0.25, 0.3) is 0 Å². The first kappa shape index (κ1) is 12.2. The van der Waals surface area contributed by atoms with Crippen LogP contribution in [0.2, 0.25) is 0 Å². The number of halogens is 1. The maximum Gasteiger partial charge on any atom is 0.290 e. The second kappa shape index (κ2) is 5.90. The van der Waals surface area contributed by atoms with Gasteiger partial charge in [0.1, 0.15) is 0 Å². The zero-order valence-corrected chi connectivity index (χ0v) is 10.5. The maximum atomic E-state index is 11.6. The zero-order chi connectivity index (χ0) is 11.3. The van der Waals surface area contributed by atoms with E-state index in [9.17, 15) is 4.79 Å². The van der Waals surface area contributed by atoms with Gasteiger partial charge in [0, 0.05) is 17.4 Å². The third-order valence-corrected chi connectivity index (χ3v) is 2.56. The average Bonchev–Trinajstić information content (AvgIpc) is 2.61.